The lowest BCUT2D eigenvalue weighted by Crippen LogP contribution is -2.04. The Morgan fingerprint density at radius 1 is 1.33 bits per heavy atom. The highest BCUT2D eigenvalue weighted by Crippen LogP contribution is 2.24. The third kappa shape index (κ3) is 4.04. The van der Waals surface area contributed by atoms with E-state index in [2.05, 4.69) is 26.2 Å². The monoisotopic (exact) mass is 348 g/mol. The maximum Gasteiger partial charge on any atom is 0.335 e. The van der Waals surface area contributed by atoms with Crippen LogP contribution in [0.15, 0.2) is 34.8 Å². The van der Waals surface area contributed by atoms with E-state index in [4.69, 9.17) is 0 Å². The van der Waals surface area contributed by atoms with E-state index in [0.717, 1.165) is 34.3 Å². The van der Waals surface area contributed by atoms with E-state index in [9.17, 15) is 9.90 Å². The van der Waals surface area contributed by atoms with Crippen molar-refractivity contribution in [3.8, 4) is 0 Å². The minimum Gasteiger partial charge on any atom is -0.478 e. The molecule has 0 fully saturated rings. The second-order valence-corrected chi connectivity index (χ2v) is 5.79. The SMILES string of the molecule is CCCc1cc(C(=O)O)cc(Nc2ccc(Br)cc2C)n1. The molecule has 0 atom stereocenters. The molecule has 0 saturated heterocycles. The Hall–Kier alpha value is -1.88. The number of carboxylic acid groups (broad SMARTS) is 1. The van der Waals surface area contributed by atoms with Crippen molar-refractivity contribution in [1.29, 1.82) is 0 Å². The first-order valence-corrected chi connectivity index (χ1v) is 7.56. The Morgan fingerprint density at radius 3 is 2.71 bits per heavy atom. The van der Waals surface area contributed by atoms with Gasteiger partial charge in [-0.15, -0.1) is 0 Å². The maximum atomic E-state index is 11.2. The van der Waals surface area contributed by atoms with E-state index in [1.165, 1.54) is 0 Å². The first kappa shape index (κ1) is 15.5. The molecule has 110 valence electrons. The third-order valence-corrected chi connectivity index (χ3v) is 3.58. The molecule has 0 amide bonds. The molecule has 0 spiro atoms. The fourth-order valence-corrected chi connectivity index (χ4v) is 2.54. The summed E-state index contributed by atoms with van der Waals surface area (Å²) in [6, 6.07) is 9.06. The zero-order valence-electron chi connectivity index (χ0n) is 12.0. The molecule has 1 heterocycles. The number of nitrogens with zero attached hydrogens (tertiary/aromatic N) is 1. The van der Waals surface area contributed by atoms with Gasteiger partial charge in [0.2, 0.25) is 0 Å². The summed E-state index contributed by atoms with van der Waals surface area (Å²) in [4.78, 5) is 15.7. The minimum atomic E-state index is -0.940. The van der Waals surface area contributed by atoms with Crippen molar-refractivity contribution < 1.29 is 9.90 Å². The number of rotatable bonds is 5. The molecule has 0 aliphatic heterocycles. The molecule has 1 aromatic carbocycles. The number of carbonyl (C=O) groups is 1. The van der Waals surface area contributed by atoms with Gasteiger partial charge in [0.1, 0.15) is 5.82 Å². The van der Waals surface area contributed by atoms with Gasteiger partial charge in [-0.3, -0.25) is 0 Å². The first-order valence-electron chi connectivity index (χ1n) is 6.77. The molecular weight excluding hydrogens is 332 g/mol. The highest BCUT2D eigenvalue weighted by Gasteiger charge is 2.09. The lowest BCUT2D eigenvalue weighted by Gasteiger charge is -2.11. The number of carboxylic acids is 1. The molecule has 2 N–H and O–H groups in total. The zero-order chi connectivity index (χ0) is 15.4. The molecule has 21 heavy (non-hydrogen) atoms. The molecule has 4 nitrogen and oxygen atoms in total. The van der Waals surface area contributed by atoms with Crippen molar-refractivity contribution in [2.45, 2.75) is 26.7 Å². The summed E-state index contributed by atoms with van der Waals surface area (Å²) in [6.07, 6.45) is 1.68. The van der Waals surface area contributed by atoms with Crippen LogP contribution in [0.3, 0.4) is 0 Å². The number of hydrogen-bond acceptors (Lipinski definition) is 3. The van der Waals surface area contributed by atoms with Crippen molar-refractivity contribution in [2.24, 2.45) is 0 Å². The summed E-state index contributed by atoms with van der Waals surface area (Å²) in [5.74, 6) is -0.380. The van der Waals surface area contributed by atoms with Crippen molar-refractivity contribution in [3.05, 3.63) is 51.6 Å². The first-order chi connectivity index (χ1) is 9.99. The smallest absolute Gasteiger partial charge is 0.335 e. The average Bonchev–Trinajstić information content (AvgIpc) is 2.42. The number of aryl methyl sites for hydroxylation is 2. The Kier molecular flexibility index (Phi) is 4.96. The molecule has 1 aromatic heterocycles. The van der Waals surface area contributed by atoms with Crippen LogP contribution in [0.4, 0.5) is 11.5 Å². The van der Waals surface area contributed by atoms with E-state index in [1.54, 1.807) is 12.1 Å². The van der Waals surface area contributed by atoms with Gasteiger partial charge in [-0.05, 0) is 49.2 Å². The van der Waals surface area contributed by atoms with Crippen LogP contribution in [0.5, 0.6) is 0 Å². The van der Waals surface area contributed by atoms with Gasteiger partial charge in [0.15, 0.2) is 0 Å². The molecular formula is C16H17BrN2O2. The van der Waals surface area contributed by atoms with Gasteiger partial charge in [-0.25, -0.2) is 9.78 Å². The number of pyridine rings is 1. The molecule has 0 radical (unpaired) electrons. The third-order valence-electron chi connectivity index (χ3n) is 3.08. The van der Waals surface area contributed by atoms with Crippen LogP contribution in [0.25, 0.3) is 0 Å². The number of nitrogens with one attached hydrogen (secondary N) is 1. The Labute approximate surface area is 132 Å². The predicted molar refractivity (Wildman–Crippen MR) is 87.4 cm³/mol. The summed E-state index contributed by atoms with van der Waals surface area (Å²) >= 11 is 3.42. The average molecular weight is 349 g/mol. The second-order valence-electron chi connectivity index (χ2n) is 4.87. The number of aromatic carboxylic acids is 1. The van der Waals surface area contributed by atoms with Crippen molar-refractivity contribution in [2.75, 3.05) is 5.32 Å². The number of anilines is 2. The molecule has 2 rings (SSSR count). The fourth-order valence-electron chi connectivity index (χ4n) is 2.06. The van der Waals surface area contributed by atoms with Gasteiger partial charge >= 0.3 is 5.97 Å². The van der Waals surface area contributed by atoms with Gasteiger partial charge in [-0.2, -0.15) is 0 Å². The second kappa shape index (κ2) is 6.72. The van der Waals surface area contributed by atoms with Crippen LogP contribution in [-0.2, 0) is 6.42 Å². The predicted octanol–water partition coefficient (Wildman–Crippen LogP) is 4.55. The molecule has 0 unspecified atom stereocenters. The number of benzene rings is 1. The van der Waals surface area contributed by atoms with Crippen LogP contribution in [0.1, 0.15) is 35.0 Å². The van der Waals surface area contributed by atoms with E-state index in [-0.39, 0.29) is 5.56 Å². The van der Waals surface area contributed by atoms with Crippen molar-refractivity contribution >= 4 is 33.4 Å². The van der Waals surface area contributed by atoms with Gasteiger partial charge < -0.3 is 10.4 Å². The van der Waals surface area contributed by atoms with Crippen LogP contribution in [0, 0.1) is 6.92 Å². The summed E-state index contributed by atoms with van der Waals surface area (Å²) in [5.41, 5.74) is 3.01. The zero-order valence-corrected chi connectivity index (χ0v) is 13.6. The van der Waals surface area contributed by atoms with E-state index in [1.807, 2.05) is 32.0 Å². The Morgan fingerprint density at radius 2 is 2.10 bits per heavy atom. The Balaban J connectivity index is 2.36. The van der Waals surface area contributed by atoms with Crippen LogP contribution < -0.4 is 5.32 Å². The van der Waals surface area contributed by atoms with Gasteiger partial charge in [0.05, 0.1) is 5.56 Å². The largest absolute Gasteiger partial charge is 0.478 e. The highest BCUT2D eigenvalue weighted by atomic mass is 79.9. The normalized spacial score (nSPS) is 10.4. The maximum absolute atomic E-state index is 11.2. The highest BCUT2D eigenvalue weighted by molar-refractivity contribution is 9.10. The van der Waals surface area contributed by atoms with Gasteiger partial charge in [0, 0.05) is 15.9 Å². The number of aromatic nitrogens is 1. The van der Waals surface area contributed by atoms with Gasteiger partial charge in [-0.1, -0.05) is 29.3 Å². The summed E-state index contributed by atoms with van der Waals surface area (Å²) in [7, 11) is 0. The molecule has 0 saturated carbocycles. The standard InChI is InChI=1S/C16H17BrN2O2/c1-3-4-13-8-11(16(20)21)9-15(18-13)19-14-6-5-12(17)7-10(14)2/h5-9H,3-4H2,1-2H3,(H,18,19)(H,20,21). The topological polar surface area (TPSA) is 62.2 Å². The lowest BCUT2D eigenvalue weighted by atomic mass is 10.1. The Bertz CT molecular complexity index is 671. The fraction of sp³-hybridized carbons (Fsp3) is 0.250. The molecule has 2 aromatic rings. The lowest BCUT2D eigenvalue weighted by molar-refractivity contribution is 0.0696. The molecule has 0 aliphatic rings. The van der Waals surface area contributed by atoms with Crippen LogP contribution >= 0.6 is 15.9 Å². The van der Waals surface area contributed by atoms with Crippen LogP contribution in [-0.4, -0.2) is 16.1 Å². The molecule has 5 heteroatoms. The number of hydrogen-bond donors (Lipinski definition) is 2. The summed E-state index contributed by atoms with van der Waals surface area (Å²) < 4.78 is 1.00. The summed E-state index contributed by atoms with van der Waals surface area (Å²) in [6.45, 7) is 4.03. The van der Waals surface area contributed by atoms with Gasteiger partial charge in [0.25, 0.3) is 0 Å². The number of halogens is 1. The summed E-state index contributed by atoms with van der Waals surface area (Å²) in [5, 5.41) is 12.4. The van der Waals surface area contributed by atoms with E-state index < -0.39 is 5.97 Å². The van der Waals surface area contributed by atoms with E-state index in [0.29, 0.717) is 5.82 Å². The minimum absolute atomic E-state index is 0.255. The molecule has 0 aliphatic carbocycles. The van der Waals surface area contributed by atoms with Crippen molar-refractivity contribution in [1.82, 2.24) is 4.98 Å². The van der Waals surface area contributed by atoms with Crippen LogP contribution in [0.2, 0.25) is 0 Å². The van der Waals surface area contributed by atoms with E-state index >= 15 is 0 Å². The molecule has 0 bridgehead atoms. The quantitative estimate of drug-likeness (QED) is 0.832. The van der Waals surface area contributed by atoms with Crippen molar-refractivity contribution in [3.63, 3.8) is 0 Å².